The molecule has 0 aliphatic carbocycles. The number of hydrogen-bond donors (Lipinski definition) is 1. The van der Waals surface area contributed by atoms with Gasteiger partial charge in [0.15, 0.2) is 6.29 Å². The number of ether oxygens (including phenoxy) is 2. The highest BCUT2D eigenvalue weighted by Gasteiger charge is 2.28. The molecule has 1 saturated heterocycles. The lowest BCUT2D eigenvalue weighted by molar-refractivity contribution is -0.0695. The van der Waals surface area contributed by atoms with E-state index in [1.807, 2.05) is 0 Å². The second kappa shape index (κ2) is 4.04. The molecule has 2 atom stereocenters. The summed E-state index contributed by atoms with van der Waals surface area (Å²) in [5.41, 5.74) is 0.378. The highest BCUT2D eigenvalue weighted by atomic mass is 19.1. The molecule has 0 spiro atoms. The molecule has 0 amide bonds. The van der Waals surface area contributed by atoms with E-state index in [1.165, 1.54) is 6.07 Å². The Morgan fingerprint density at radius 1 is 1.43 bits per heavy atom. The van der Waals surface area contributed by atoms with Crippen LogP contribution in [-0.2, 0) is 9.47 Å². The number of aliphatic hydroxyl groups is 1. The molecule has 0 aromatic heterocycles. The predicted octanol–water partition coefficient (Wildman–Crippen LogP) is 1.23. The summed E-state index contributed by atoms with van der Waals surface area (Å²) in [6.07, 6.45) is -1.03. The van der Waals surface area contributed by atoms with Crippen LogP contribution in [0.1, 0.15) is 11.9 Å². The van der Waals surface area contributed by atoms with Crippen LogP contribution in [0.4, 0.5) is 4.39 Å². The van der Waals surface area contributed by atoms with E-state index in [1.54, 1.807) is 18.2 Å². The minimum Gasteiger partial charge on any atom is -0.394 e. The van der Waals surface area contributed by atoms with Crippen LogP contribution in [0.5, 0.6) is 0 Å². The Bertz CT molecular complexity index is 316. The lowest BCUT2D eigenvalue weighted by atomic mass is 10.2. The quantitative estimate of drug-likeness (QED) is 0.776. The monoisotopic (exact) mass is 198 g/mol. The minimum atomic E-state index is -0.687. The summed E-state index contributed by atoms with van der Waals surface area (Å²) in [6, 6.07) is 6.29. The number of halogens is 1. The zero-order valence-corrected chi connectivity index (χ0v) is 7.52. The van der Waals surface area contributed by atoms with Crippen LogP contribution in [0.3, 0.4) is 0 Å². The van der Waals surface area contributed by atoms with Crippen LogP contribution in [0, 0.1) is 5.82 Å². The zero-order valence-electron chi connectivity index (χ0n) is 7.52. The maximum Gasteiger partial charge on any atom is 0.187 e. The van der Waals surface area contributed by atoms with Crippen LogP contribution < -0.4 is 0 Å². The minimum absolute atomic E-state index is 0.106. The summed E-state index contributed by atoms with van der Waals surface area (Å²) in [6.45, 7) is 0.195. The molecule has 76 valence electrons. The molecule has 0 saturated carbocycles. The maximum atomic E-state index is 13.3. The highest BCUT2D eigenvalue weighted by Crippen LogP contribution is 2.28. The van der Waals surface area contributed by atoms with Gasteiger partial charge in [-0.25, -0.2) is 4.39 Å². The number of aliphatic hydroxyl groups excluding tert-OH is 1. The molecular weight excluding hydrogens is 187 g/mol. The molecule has 0 bridgehead atoms. The Labute approximate surface area is 81.1 Å². The molecule has 1 heterocycles. The van der Waals surface area contributed by atoms with Gasteiger partial charge in [-0.3, -0.25) is 0 Å². The first-order valence-electron chi connectivity index (χ1n) is 4.43. The summed E-state index contributed by atoms with van der Waals surface area (Å²) in [7, 11) is 0. The van der Waals surface area contributed by atoms with Crippen molar-refractivity contribution in [3.8, 4) is 0 Å². The van der Waals surface area contributed by atoms with Gasteiger partial charge < -0.3 is 14.6 Å². The van der Waals surface area contributed by atoms with E-state index in [0.717, 1.165) is 0 Å². The smallest absolute Gasteiger partial charge is 0.187 e. The number of hydrogen-bond acceptors (Lipinski definition) is 3. The molecular formula is C10H11FO3. The van der Waals surface area contributed by atoms with E-state index in [0.29, 0.717) is 12.2 Å². The van der Waals surface area contributed by atoms with E-state index >= 15 is 0 Å². The second-order valence-electron chi connectivity index (χ2n) is 3.13. The Kier molecular flexibility index (Phi) is 2.77. The first kappa shape index (κ1) is 9.58. The van der Waals surface area contributed by atoms with Crippen molar-refractivity contribution < 1.29 is 19.0 Å². The third kappa shape index (κ3) is 1.77. The van der Waals surface area contributed by atoms with Gasteiger partial charge >= 0.3 is 0 Å². The van der Waals surface area contributed by atoms with Crippen LogP contribution in [-0.4, -0.2) is 24.4 Å². The molecule has 1 aromatic rings. The summed E-state index contributed by atoms with van der Waals surface area (Å²) in [5, 5.41) is 8.80. The molecule has 1 N–H and O–H groups in total. The average molecular weight is 198 g/mol. The third-order valence-corrected chi connectivity index (χ3v) is 2.11. The van der Waals surface area contributed by atoms with Crippen molar-refractivity contribution in [1.82, 2.24) is 0 Å². The van der Waals surface area contributed by atoms with Gasteiger partial charge in [-0.1, -0.05) is 18.2 Å². The van der Waals surface area contributed by atoms with Gasteiger partial charge in [0.2, 0.25) is 0 Å². The lowest BCUT2D eigenvalue weighted by Gasteiger charge is -2.10. The first-order chi connectivity index (χ1) is 6.81. The standard InChI is InChI=1S/C10H11FO3/c11-9-4-2-1-3-8(9)10-13-6-7(5-12)14-10/h1-4,7,10,12H,5-6H2. The molecule has 2 unspecified atom stereocenters. The molecule has 1 aliphatic heterocycles. The lowest BCUT2D eigenvalue weighted by Crippen LogP contribution is -2.14. The topological polar surface area (TPSA) is 38.7 Å². The maximum absolute atomic E-state index is 13.3. The van der Waals surface area contributed by atoms with Crippen LogP contribution in [0.25, 0.3) is 0 Å². The SMILES string of the molecule is OCC1COC(c2ccccc2F)O1. The highest BCUT2D eigenvalue weighted by molar-refractivity contribution is 5.19. The van der Waals surface area contributed by atoms with Gasteiger partial charge in [-0.2, -0.15) is 0 Å². The van der Waals surface area contributed by atoms with E-state index < -0.39 is 6.29 Å². The predicted molar refractivity (Wildman–Crippen MR) is 47.1 cm³/mol. The van der Waals surface area contributed by atoms with Crippen molar-refractivity contribution in [3.63, 3.8) is 0 Å². The van der Waals surface area contributed by atoms with Crippen molar-refractivity contribution in [2.24, 2.45) is 0 Å². The van der Waals surface area contributed by atoms with Crippen molar-refractivity contribution in [1.29, 1.82) is 0 Å². The fourth-order valence-electron chi connectivity index (χ4n) is 1.37. The summed E-state index contributed by atoms with van der Waals surface area (Å²) < 4.78 is 23.7. The van der Waals surface area contributed by atoms with Crippen LogP contribution in [0.2, 0.25) is 0 Å². The summed E-state index contributed by atoms with van der Waals surface area (Å²) >= 11 is 0. The average Bonchev–Trinajstić information content (AvgIpc) is 2.67. The van der Waals surface area contributed by atoms with Gasteiger partial charge in [0.05, 0.1) is 13.2 Å². The van der Waals surface area contributed by atoms with Crippen LogP contribution in [0.15, 0.2) is 24.3 Å². The Morgan fingerprint density at radius 3 is 2.86 bits per heavy atom. The van der Waals surface area contributed by atoms with Gasteiger partial charge in [0, 0.05) is 5.56 Å². The van der Waals surface area contributed by atoms with Crippen LogP contribution >= 0.6 is 0 Å². The Hall–Kier alpha value is -0.970. The van der Waals surface area contributed by atoms with Gasteiger partial charge in [-0.05, 0) is 6.07 Å². The van der Waals surface area contributed by atoms with Crippen molar-refractivity contribution >= 4 is 0 Å². The van der Waals surface area contributed by atoms with Crippen molar-refractivity contribution in [2.45, 2.75) is 12.4 Å². The molecule has 0 radical (unpaired) electrons. The molecule has 1 fully saturated rings. The fraction of sp³-hybridized carbons (Fsp3) is 0.400. The van der Waals surface area contributed by atoms with Crippen molar-refractivity contribution in [2.75, 3.05) is 13.2 Å². The van der Waals surface area contributed by atoms with Gasteiger partial charge in [-0.15, -0.1) is 0 Å². The second-order valence-corrected chi connectivity index (χ2v) is 3.13. The molecule has 1 aliphatic rings. The Balaban J connectivity index is 2.13. The van der Waals surface area contributed by atoms with E-state index in [2.05, 4.69) is 0 Å². The zero-order chi connectivity index (χ0) is 9.97. The largest absolute Gasteiger partial charge is 0.394 e. The van der Waals surface area contributed by atoms with Gasteiger partial charge in [0.1, 0.15) is 11.9 Å². The normalized spacial score (nSPS) is 26.7. The van der Waals surface area contributed by atoms with Crippen molar-refractivity contribution in [3.05, 3.63) is 35.6 Å². The van der Waals surface area contributed by atoms with E-state index in [-0.39, 0.29) is 18.5 Å². The molecule has 1 aromatic carbocycles. The molecule has 2 rings (SSSR count). The molecule has 4 heteroatoms. The summed E-state index contributed by atoms with van der Waals surface area (Å²) in [4.78, 5) is 0. The Morgan fingerprint density at radius 2 is 2.21 bits per heavy atom. The summed E-state index contributed by atoms with van der Waals surface area (Å²) in [5.74, 6) is -0.351. The van der Waals surface area contributed by atoms with E-state index in [9.17, 15) is 4.39 Å². The number of benzene rings is 1. The molecule has 14 heavy (non-hydrogen) atoms. The fourth-order valence-corrected chi connectivity index (χ4v) is 1.37. The third-order valence-electron chi connectivity index (χ3n) is 2.11. The number of rotatable bonds is 2. The first-order valence-corrected chi connectivity index (χ1v) is 4.43. The van der Waals surface area contributed by atoms with Gasteiger partial charge in [0.25, 0.3) is 0 Å². The van der Waals surface area contributed by atoms with E-state index in [4.69, 9.17) is 14.6 Å². The molecule has 3 nitrogen and oxygen atoms in total.